The standard InChI is InChI=1S/C31H36N4O4/c1-37-19-18-35-16-14-26(15-17-35)39-25-11-8-23(9-12-25)30-27-20-24(10-13-28(27)33-34-30)31(36)32-29(21-38-2)22-6-4-3-5-7-22/h3-13,20,26,29H,14-19,21H2,1-2H3,(H,32,36)(H,33,34). The molecular formula is C31H36N4O4. The molecule has 2 heterocycles. The topological polar surface area (TPSA) is 88.7 Å². The van der Waals surface area contributed by atoms with Gasteiger partial charge in [0.05, 0.1) is 30.5 Å². The van der Waals surface area contributed by atoms with E-state index < -0.39 is 0 Å². The molecule has 1 unspecified atom stereocenters. The smallest absolute Gasteiger partial charge is 0.251 e. The lowest BCUT2D eigenvalue weighted by Gasteiger charge is -2.31. The normalized spacial score (nSPS) is 15.3. The van der Waals surface area contributed by atoms with Gasteiger partial charge in [-0.25, -0.2) is 0 Å². The van der Waals surface area contributed by atoms with E-state index in [4.69, 9.17) is 14.2 Å². The molecule has 4 aromatic rings. The summed E-state index contributed by atoms with van der Waals surface area (Å²) >= 11 is 0. The van der Waals surface area contributed by atoms with Gasteiger partial charge < -0.3 is 24.4 Å². The number of rotatable bonds is 11. The molecule has 3 aromatic carbocycles. The van der Waals surface area contributed by atoms with Crippen LogP contribution in [0.4, 0.5) is 0 Å². The molecule has 39 heavy (non-hydrogen) atoms. The quantitative estimate of drug-likeness (QED) is 0.290. The van der Waals surface area contributed by atoms with E-state index in [9.17, 15) is 4.79 Å². The number of methoxy groups -OCH3 is 2. The number of piperidine rings is 1. The number of nitrogens with one attached hydrogen (secondary N) is 2. The van der Waals surface area contributed by atoms with Crippen LogP contribution in [-0.2, 0) is 9.47 Å². The molecule has 0 aliphatic carbocycles. The van der Waals surface area contributed by atoms with Crippen molar-refractivity contribution in [3.8, 4) is 17.0 Å². The number of likely N-dealkylation sites (tertiary alicyclic amines) is 1. The molecule has 5 rings (SSSR count). The largest absolute Gasteiger partial charge is 0.490 e. The lowest BCUT2D eigenvalue weighted by atomic mass is 10.0. The summed E-state index contributed by atoms with van der Waals surface area (Å²) in [6.45, 7) is 4.18. The van der Waals surface area contributed by atoms with Crippen molar-refractivity contribution in [1.82, 2.24) is 20.4 Å². The number of hydrogen-bond donors (Lipinski definition) is 2. The van der Waals surface area contributed by atoms with Gasteiger partial charge in [-0.15, -0.1) is 0 Å². The number of H-pyrrole nitrogens is 1. The number of aromatic nitrogens is 2. The third kappa shape index (κ3) is 6.65. The summed E-state index contributed by atoms with van der Waals surface area (Å²) in [6.07, 6.45) is 2.24. The Morgan fingerprint density at radius 3 is 2.51 bits per heavy atom. The maximum Gasteiger partial charge on any atom is 0.251 e. The second-order valence-corrected chi connectivity index (χ2v) is 9.90. The molecular weight excluding hydrogens is 492 g/mol. The summed E-state index contributed by atoms with van der Waals surface area (Å²) < 4.78 is 16.8. The van der Waals surface area contributed by atoms with E-state index in [1.165, 1.54) is 0 Å². The lowest BCUT2D eigenvalue weighted by Crippen LogP contribution is -2.39. The molecule has 1 aromatic heterocycles. The number of amides is 1. The zero-order valence-corrected chi connectivity index (χ0v) is 22.6. The summed E-state index contributed by atoms with van der Waals surface area (Å²) in [7, 11) is 3.38. The fraction of sp³-hybridized carbons (Fsp3) is 0.355. The first kappa shape index (κ1) is 26.9. The molecule has 1 amide bonds. The minimum atomic E-state index is -0.242. The molecule has 1 atom stereocenters. The SMILES string of the molecule is COCCN1CCC(Oc2ccc(-c3n[nH]c4ccc(C(=O)NC(COC)c5ccccc5)cc34)cc2)CC1. The molecule has 8 heteroatoms. The molecule has 0 saturated carbocycles. The van der Waals surface area contributed by atoms with Gasteiger partial charge in [-0.1, -0.05) is 30.3 Å². The average molecular weight is 529 g/mol. The van der Waals surface area contributed by atoms with E-state index in [1.807, 2.05) is 72.8 Å². The van der Waals surface area contributed by atoms with Crippen molar-refractivity contribution in [1.29, 1.82) is 0 Å². The van der Waals surface area contributed by atoms with Gasteiger partial charge in [0.25, 0.3) is 5.91 Å². The molecule has 0 bridgehead atoms. The van der Waals surface area contributed by atoms with Crippen molar-refractivity contribution in [2.75, 3.05) is 47.1 Å². The molecule has 204 valence electrons. The highest BCUT2D eigenvalue weighted by atomic mass is 16.5. The second-order valence-electron chi connectivity index (χ2n) is 9.90. The van der Waals surface area contributed by atoms with E-state index in [2.05, 4.69) is 20.4 Å². The Hall–Kier alpha value is -3.72. The number of benzene rings is 3. The molecule has 1 aliphatic heterocycles. The van der Waals surface area contributed by atoms with Crippen LogP contribution in [-0.4, -0.2) is 74.2 Å². The van der Waals surface area contributed by atoms with Crippen LogP contribution in [0.15, 0.2) is 72.8 Å². The Morgan fingerprint density at radius 1 is 1.03 bits per heavy atom. The van der Waals surface area contributed by atoms with Crippen molar-refractivity contribution < 1.29 is 19.0 Å². The minimum Gasteiger partial charge on any atom is -0.490 e. The fourth-order valence-electron chi connectivity index (χ4n) is 5.05. The van der Waals surface area contributed by atoms with Crippen LogP contribution in [0, 0.1) is 0 Å². The van der Waals surface area contributed by atoms with Crippen molar-refractivity contribution in [2.45, 2.75) is 25.0 Å². The van der Waals surface area contributed by atoms with Crippen molar-refractivity contribution in [2.24, 2.45) is 0 Å². The number of ether oxygens (including phenoxy) is 3. The summed E-state index contributed by atoms with van der Waals surface area (Å²) in [5.41, 5.74) is 4.20. The fourth-order valence-corrected chi connectivity index (χ4v) is 5.05. The van der Waals surface area contributed by atoms with Gasteiger partial charge in [0.1, 0.15) is 11.9 Å². The predicted octanol–water partition coefficient (Wildman–Crippen LogP) is 4.84. The Kier molecular flexibility index (Phi) is 8.88. The monoisotopic (exact) mass is 528 g/mol. The summed E-state index contributed by atoms with van der Waals surface area (Å²) in [6, 6.07) is 23.2. The van der Waals surface area contributed by atoms with Crippen LogP contribution >= 0.6 is 0 Å². The van der Waals surface area contributed by atoms with E-state index in [0.717, 1.165) is 72.6 Å². The number of hydrogen-bond acceptors (Lipinski definition) is 6. The first-order valence-corrected chi connectivity index (χ1v) is 13.5. The summed E-state index contributed by atoms with van der Waals surface area (Å²) in [4.78, 5) is 15.6. The maximum absolute atomic E-state index is 13.2. The Balaban J connectivity index is 1.26. The predicted molar refractivity (Wildman–Crippen MR) is 152 cm³/mol. The number of carbonyl (C=O) groups excluding carboxylic acids is 1. The van der Waals surface area contributed by atoms with Crippen LogP contribution in [0.5, 0.6) is 5.75 Å². The molecule has 8 nitrogen and oxygen atoms in total. The summed E-state index contributed by atoms with van der Waals surface area (Å²) in [5, 5.41) is 11.6. The third-order valence-corrected chi connectivity index (χ3v) is 7.24. The van der Waals surface area contributed by atoms with E-state index in [0.29, 0.717) is 12.2 Å². The molecule has 1 aliphatic rings. The Morgan fingerprint density at radius 2 is 1.79 bits per heavy atom. The summed E-state index contributed by atoms with van der Waals surface area (Å²) in [5.74, 6) is 0.700. The van der Waals surface area contributed by atoms with Crippen LogP contribution in [0.1, 0.15) is 34.8 Å². The second kappa shape index (κ2) is 12.9. The van der Waals surface area contributed by atoms with Gasteiger partial charge in [0.15, 0.2) is 0 Å². The van der Waals surface area contributed by atoms with Crippen LogP contribution in [0.25, 0.3) is 22.2 Å². The zero-order valence-electron chi connectivity index (χ0n) is 22.6. The van der Waals surface area contributed by atoms with Crippen LogP contribution in [0.2, 0.25) is 0 Å². The van der Waals surface area contributed by atoms with E-state index >= 15 is 0 Å². The Labute approximate surface area is 229 Å². The van der Waals surface area contributed by atoms with Gasteiger partial charge in [-0.05, 0) is 60.9 Å². The third-order valence-electron chi connectivity index (χ3n) is 7.24. The molecule has 0 radical (unpaired) electrons. The number of carbonyl (C=O) groups is 1. The highest BCUT2D eigenvalue weighted by molar-refractivity contribution is 6.01. The van der Waals surface area contributed by atoms with Gasteiger partial charge in [-0.3, -0.25) is 9.89 Å². The van der Waals surface area contributed by atoms with Gasteiger partial charge in [0.2, 0.25) is 0 Å². The first-order valence-electron chi connectivity index (χ1n) is 13.5. The van der Waals surface area contributed by atoms with Gasteiger partial charge >= 0.3 is 0 Å². The molecule has 1 fully saturated rings. The average Bonchev–Trinajstić information content (AvgIpc) is 3.41. The van der Waals surface area contributed by atoms with Crippen molar-refractivity contribution in [3.05, 3.63) is 83.9 Å². The highest BCUT2D eigenvalue weighted by Gasteiger charge is 2.21. The molecule has 0 spiro atoms. The number of fused-ring (bicyclic) bond motifs is 1. The lowest BCUT2D eigenvalue weighted by molar-refractivity contribution is 0.0797. The van der Waals surface area contributed by atoms with E-state index in [-0.39, 0.29) is 18.1 Å². The van der Waals surface area contributed by atoms with Gasteiger partial charge in [-0.2, -0.15) is 5.10 Å². The zero-order chi connectivity index (χ0) is 27.0. The van der Waals surface area contributed by atoms with Crippen LogP contribution < -0.4 is 10.1 Å². The molecule has 1 saturated heterocycles. The van der Waals surface area contributed by atoms with Gasteiger partial charge in [0, 0.05) is 50.4 Å². The number of nitrogens with zero attached hydrogens (tertiary/aromatic N) is 2. The minimum absolute atomic E-state index is 0.160. The molecule has 2 N–H and O–H groups in total. The first-order chi connectivity index (χ1) is 19.1. The van der Waals surface area contributed by atoms with Crippen molar-refractivity contribution in [3.63, 3.8) is 0 Å². The van der Waals surface area contributed by atoms with Crippen molar-refractivity contribution >= 4 is 16.8 Å². The number of aromatic amines is 1. The van der Waals surface area contributed by atoms with Crippen LogP contribution in [0.3, 0.4) is 0 Å². The maximum atomic E-state index is 13.2. The Bertz CT molecular complexity index is 1350. The highest BCUT2D eigenvalue weighted by Crippen LogP contribution is 2.29. The van der Waals surface area contributed by atoms with E-state index in [1.54, 1.807) is 14.2 Å².